The van der Waals surface area contributed by atoms with Crippen molar-refractivity contribution in [2.75, 3.05) is 0 Å². The van der Waals surface area contributed by atoms with Crippen LogP contribution in [0.15, 0.2) is 37.4 Å². The van der Waals surface area contributed by atoms with Gasteiger partial charge in [0, 0.05) is 0 Å². The van der Waals surface area contributed by atoms with Crippen molar-refractivity contribution in [3.63, 3.8) is 0 Å². The molecule has 2 aromatic rings. The highest BCUT2D eigenvalue weighted by Crippen LogP contribution is 2.14. The molecule has 1 atom stereocenters. The Morgan fingerprint density at radius 2 is 1.74 bits per heavy atom. The molecule has 2 aromatic heterocycles. The van der Waals surface area contributed by atoms with Crippen molar-refractivity contribution in [1.29, 1.82) is 0 Å². The van der Waals surface area contributed by atoms with Crippen LogP contribution in [0.5, 0.6) is 0 Å². The molecular formula is C15H26N4+2. The normalized spacial score (nSPS) is 13.4. The first-order valence-electron chi connectivity index (χ1n) is 7.06. The van der Waals surface area contributed by atoms with Gasteiger partial charge in [-0.05, 0) is 19.8 Å². The van der Waals surface area contributed by atoms with Crippen LogP contribution in [0, 0.1) is 5.92 Å². The molecular weight excluding hydrogens is 236 g/mol. The van der Waals surface area contributed by atoms with Crippen molar-refractivity contribution < 1.29 is 9.13 Å². The first-order valence-corrected chi connectivity index (χ1v) is 7.06. The van der Waals surface area contributed by atoms with Crippen LogP contribution in [0.3, 0.4) is 0 Å². The number of aryl methyl sites for hydroxylation is 1. The summed E-state index contributed by atoms with van der Waals surface area (Å²) in [4.78, 5) is 0. The topological polar surface area (TPSA) is 17.6 Å². The summed E-state index contributed by atoms with van der Waals surface area (Å²) < 4.78 is 8.93. The summed E-state index contributed by atoms with van der Waals surface area (Å²) in [5.74, 6) is 0.598. The average molecular weight is 262 g/mol. The molecule has 2 heterocycles. The van der Waals surface area contributed by atoms with E-state index in [1.54, 1.807) is 0 Å². The highest BCUT2D eigenvalue weighted by molar-refractivity contribution is 4.73. The summed E-state index contributed by atoms with van der Waals surface area (Å²) in [7, 11) is 2.06. The molecule has 0 unspecified atom stereocenters. The van der Waals surface area contributed by atoms with Gasteiger partial charge in [0.05, 0.1) is 13.1 Å². The monoisotopic (exact) mass is 262 g/mol. The molecule has 4 heteroatoms. The molecule has 0 radical (unpaired) electrons. The lowest BCUT2D eigenvalue weighted by Crippen LogP contribution is -2.43. The van der Waals surface area contributed by atoms with Gasteiger partial charge in [0.1, 0.15) is 37.4 Å². The average Bonchev–Trinajstić information content (AvgIpc) is 2.94. The van der Waals surface area contributed by atoms with Crippen molar-refractivity contribution in [1.82, 2.24) is 9.13 Å². The van der Waals surface area contributed by atoms with Gasteiger partial charge in [0.25, 0.3) is 0 Å². The predicted octanol–water partition coefficient (Wildman–Crippen LogP) is 1.88. The molecule has 0 bridgehead atoms. The quantitative estimate of drug-likeness (QED) is 0.732. The molecule has 0 N–H and O–H groups in total. The fourth-order valence-electron chi connectivity index (χ4n) is 2.36. The van der Waals surface area contributed by atoms with Crippen LogP contribution in [0.2, 0.25) is 0 Å². The summed E-state index contributed by atoms with van der Waals surface area (Å²) in [6, 6.07) is 0.992. The van der Waals surface area contributed by atoms with E-state index in [0.717, 1.165) is 6.54 Å². The van der Waals surface area contributed by atoms with Crippen LogP contribution in [0.1, 0.15) is 39.8 Å². The van der Waals surface area contributed by atoms with E-state index in [0.29, 0.717) is 18.0 Å². The molecule has 0 aliphatic heterocycles. The maximum Gasteiger partial charge on any atom is 0.244 e. The van der Waals surface area contributed by atoms with Crippen molar-refractivity contribution in [2.24, 2.45) is 13.0 Å². The Hall–Kier alpha value is -1.58. The number of hydrogen-bond donors (Lipinski definition) is 0. The Labute approximate surface area is 115 Å². The van der Waals surface area contributed by atoms with E-state index in [1.165, 1.54) is 0 Å². The second kappa shape index (κ2) is 5.59. The Kier molecular flexibility index (Phi) is 4.08. The van der Waals surface area contributed by atoms with Gasteiger partial charge >= 0.3 is 0 Å². The Morgan fingerprint density at radius 1 is 1.00 bits per heavy atom. The number of rotatable bonds is 5. The maximum atomic E-state index is 2.34. The fourth-order valence-corrected chi connectivity index (χ4v) is 2.36. The van der Waals surface area contributed by atoms with Gasteiger partial charge in [-0.2, -0.15) is 0 Å². The van der Waals surface area contributed by atoms with Gasteiger partial charge in [-0.25, -0.2) is 18.3 Å². The van der Waals surface area contributed by atoms with Crippen molar-refractivity contribution >= 4 is 0 Å². The van der Waals surface area contributed by atoms with E-state index < -0.39 is 0 Å². The third kappa shape index (κ3) is 3.25. The van der Waals surface area contributed by atoms with Gasteiger partial charge in [0.15, 0.2) is 0 Å². The van der Waals surface area contributed by atoms with Crippen LogP contribution < -0.4 is 9.13 Å². The molecule has 104 valence electrons. The smallest absolute Gasteiger partial charge is 0.240 e. The van der Waals surface area contributed by atoms with E-state index >= 15 is 0 Å². The molecule has 0 saturated heterocycles. The van der Waals surface area contributed by atoms with Gasteiger partial charge in [0.2, 0.25) is 12.7 Å². The Bertz CT molecular complexity index is 522. The molecule has 0 aliphatic carbocycles. The van der Waals surface area contributed by atoms with E-state index in [2.05, 4.69) is 90.5 Å². The number of nitrogens with zero attached hydrogens (tertiary/aromatic N) is 4. The summed E-state index contributed by atoms with van der Waals surface area (Å²) in [5.41, 5.74) is 0. The second-order valence-electron chi connectivity index (χ2n) is 5.99. The highest BCUT2D eigenvalue weighted by atomic mass is 15.2. The van der Waals surface area contributed by atoms with Gasteiger partial charge in [-0.15, -0.1) is 0 Å². The van der Waals surface area contributed by atoms with Crippen molar-refractivity contribution in [2.45, 2.75) is 46.3 Å². The maximum absolute atomic E-state index is 2.34. The standard InChI is InChI=1S/C15H26N4/c1-13(2)15(10-17-7-6-16(5)11-17)19-9-8-18(12-19)14(3)4/h6-9,11-15H,10H2,1-5H3/q+2/t15-/m1/s1. The molecule has 0 spiro atoms. The minimum atomic E-state index is 0.479. The number of imidazole rings is 2. The number of aromatic nitrogens is 4. The minimum Gasteiger partial charge on any atom is -0.240 e. The summed E-state index contributed by atoms with van der Waals surface area (Å²) in [6.07, 6.45) is 12.9. The van der Waals surface area contributed by atoms with E-state index in [1.807, 2.05) is 0 Å². The molecule has 0 amide bonds. The molecule has 19 heavy (non-hydrogen) atoms. The SMILES string of the molecule is CC(C)[C@@H](Cn1cc[n+](C)c1)[n+]1ccn(C(C)C)c1. The van der Waals surface area contributed by atoms with Crippen molar-refractivity contribution in [3.8, 4) is 0 Å². The second-order valence-corrected chi connectivity index (χ2v) is 5.99. The van der Waals surface area contributed by atoms with Crippen LogP contribution >= 0.6 is 0 Å². The van der Waals surface area contributed by atoms with Crippen LogP contribution in [0.25, 0.3) is 0 Å². The molecule has 0 saturated carbocycles. The zero-order valence-corrected chi connectivity index (χ0v) is 12.7. The third-order valence-corrected chi connectivity index (χ3v) is 3.65. The van der Waals surface area contributed by atoms with Gasteiger partial charge in [-0.1, -0.05) is 13.8 Å². The summed E-state index contributed by atoms with van der Waals surface area (Å²) >= 11 is 0. The zero-order valence-electron chi connectivity index (χ0n) is 12.7. The Balaban J connectivity index is 2.19. The van der Waals surface area contributed by atoms with Crippen LogP contribution in [-0.2, 0) is 13.6 Å². The van der Waals surface area contributed by atoms with Crippen LogP contribution in [0.4, 0.5) is 0 Å². The van der Waals surface area contributed by atoms with Crippen molar-refractivity contribution in [3.05, 3.63) is 37.4 Å². The third-order valence-electron chi connectivity index (χ3n) is 3.65. The van der Waals surface area contributed by atoms with E-state index in [4.69, 9.17) is 0 Å². The zero-order chi connectivity index (χ0) is 14.0. The lowest BCUT2D eigenvalue weighted by molar-refractivity contribution is -0.731. The highest BCUT2D eigenvalue weighted by Gasteiger charge is 2.24. The van der Waals surface area contributed by atoms with Gasteiger partial charge in [-0.3, -0.25) is 0 Å². The van der Waals surface area contributed by atoms with E-state index in [9.17, 15) is 0 Å². The van der Waals surface area contributed by atoms with Gasteiger partial charge < -0.3 is 0 Å². The predicted molar refractivity (Wildman–Crippen MR) is 74.5 cm³/mol. The first kappa shape index (κ1) is 13.8. The summed E-state index contributed by atoms with van der Waals surface area (Å²) in [6.45, 7) is 9.99. The lowest BCUT2D eigenvalue weighted by Gasteiger charge is -2.15. The van der Waals surface area contributed by atoms with Crippen LogP contribution in [-0.4, -0.2) is 9.13 Å². The Morgan fingerprint density at radius 3 is 2.21 bits per heavy atom. The molecule has 0 aliphatic rings. The minimum absolute atomic E-state index is 0.479. The van der Waals surface area contributed by atoms with E-state index in [-0.39, 0.29) is 0 Å². The summed E-state index contributed by atoms with van der Waals surface area (Å²) in [5, 5.41) is 0. The number of hydrogen-bond acceptors (Lipinski definition) is 0. The first-order chi connectivity index (χ1) is 8.97. The lowest BCUT2D eigenvalue weighted by atomic mass is 10.0. The largest absolute Gasteiger partial charge is 0.244 e. The molecule has 0 fully saturated rings. The molecule has 2 rings (SSSR count). The molecule has 0 aromatic carbocycles. The fraction of sp³-hybridized carbons (Fsp3) is 0.600. The molecule has 4 nitrogen and oxygen atoms in total.